The summed E-state index contributed by atoms with van der Waals surface area (Å²) in [5.74, 6) is 0.472. The maximum atomic E-state index is 5.89. The highest BCUT2D eigenvalue weighted by molar-refractivity contribution is 6.40. The Morgan fingerprint density at radius 2 is 1.79 bits per heavy atom. The molecule has 0 atom stereocenters. The minimum Gasteiger partial charge on any atom is -0.490 e. The lowest BCUT2D eigenvalue weighted by atomic mass is 10.3. The van der Waals surface area contributed by atoms with Gasteiger partial charge in [-0.05, 0) is 18.6 Å². The summed E-state index contributed by atoms with van der Waals surface area (Å²) < 4.78 is 5.37. The van der Waals surface area contributed by atoms with E-state index in [0.717, 1.165) is 6.42 Å². The van der Waals surface area contributed by atoms with Crippen LogP contribution in [0.4, 0.5) is 0 Å². The van der Waals surface area contributed by atoms with Gasteiger partial charge in [0.05, 0.1) is 16.7 Å². The van der Waals surface area contributed by atoms with Crippen molar-refractivity contribution >= 4 is 34.8 Å². The standard InChI is InChI=1S/C10H9Cl3O/c1-2-3-4-14-10-8(12)5-7(11)6-9(10)13/h2,5-6H,1,3-4H2. The summed E-state index contributed by atoms with van der Waals surface area (Å²) in [7, 11) is 0. The van der Waals surface area contributed by atoms with Crippen LogP contribution in [0.15, 0.2) is 24.8 Å². The molecule has 4 heteroatoms. The van der Waals surface area contributed by atoms with Crippen LogP contribution in [0, 0.1) is 0 Å². The van der Waals surface area contributed by atoms with E-state index in [1.807, 2.05) is 0 Å². The number of ether oxygens (including phenoxy) is 1. The van der Waals surface area contributed by atoms with E-state index < -0.39 is 0 Å². The van der Waals surface area contributed by atoms with E-state index in [2.05, 4.69) is 6.58 Å². The monoisotopic (exact) mass is 250 g/mol. The van der Waals surface area contributed by atoms with E-state index in [-0.39, 0.29) is 0 Å². The molecule has 0 aliphatic carbocycles. The van der Waals surface area contributed by atoms with Crippen LogP contribution < -0.4 is 4.74 Å². The molecule has 1 aromatic carbocycles. The third kappa shape index (κ3) is 3.09. The summed E-state index contributed by atoms with van der Waals surface area (Å²) in [6.07, 6.45) is 2.51. The van der Waals surface area contributed by atoms with Gasteiger partial charge in [0.2, 0.25) is 0 Å². The fourth-order valence-corrected chi connectivity index (χ4v) is 1.84. The fourth-order valence-electron chi connectivity index (χ4n) is 0.911. The Morgan fingerprint density at radius 1 is 1.21 bits per heavy atom. The van der Waals surface area contributed by atoms with Crippen molar-refractivity contribution in [3.63, 3.8) is 0 Å². The average Bonchev–Trinajstić information content (AvgIpc) is 2.09. The van der Waals surface area contributed by atoms with Crippen LogP contribution in [0.2, 0.25) is 15.1 Å². The molecule has 0 aliphatic heterocycles. The first kappa shape index (κ1) is 11.7. The summed E-state index contributed by atoms with van der Waals surface area (Å²) >= 11 is 17.5. The largest absolute Gasteiger partial charge is 0.490 e. The van der Waals surface area contributed by atoms with Gasteiger partial charge in [0.1, 0.15) is 0 Å². The van der Waals surface area contributed by atoms with E-state index >= 15 is 0 Å². The predicted molar refractivity (Wildman–Crippen MR) is 61.8 cm³/mol. The van der Waals surface area contributed by atoms with Gasteiger partial charge >= 0.3 is 0 Å². The molecule has 0 bridgehead atoms. The predicted octanol–water partition coefficient (Wildman–Crippen LogP) is 4.60. The van der Waals surface area contributed by atoms with Gasteiger partial charge in [-0.3, -0.25) is 0 Å². The Hall–Kier alpha value is -0.370. The highest BCUT2D eigenvalue weighted by Crippen LogP contribution is 2.35. The first-order chi connectivity index (χ1) is 6.65. The Labute approximate surface area is 98.2 Å². The Kier molecular flexibility index (Phi) is 4.59. The molecule has 1 nitrogen and oxygen atoms in total. The number of benzene rings is 1. The molecule has 0 saturated heterocycles. The van der Waals surface area contributed by atoms with Gasteiger partial charge in [-0.2, -0.15) is 0 Å². The topological polar surface area (TPSA) is 9.23 Å². The quantitative estimate of drug-likeness (QED) is 0.561. The SMILES string of the molecule is C=CCCOc1c(Cl)cc(Cl)cc1Cl. The minimum atomic E-state index is 0.423. The van der Waals surface area contributed by atoms with Crippen molar-refractivity contribution in [2.45, 2.75) is 6.42 Å². The van der Waals surface area contributed by atoms with Crippen LogP contribution in [-0.2, 0) is 0 Å². The Morgan fingerprint density at radius 3 is 2.29 bits per heavy atom. The van der Waals surface area contributed by atoms with Crippen LogP contribution in [0.5, 0.6) is 5.75 Å². The third-order valence-corrected chi connectivity index (χ3v) is 2.31. The first-order valence-corrected chi connectivity index (χ1v) is 5.16. The van der Waals surface area contributed by atoms with Crippen molar-refractivity contribution in [3.05, 3.63) is 39.9 Å². The summed E-state index contributed by atoms with van der Waals surface area (Å²) in [4.78, 5) is 0. The summed E-state index contributed by atoms with van der Waals surface area (Å²) in [6, 6.07) is 3.19. The molecule has 0 spiro atoms. The number of rotatable bonds is 4. The van der Waals surface area contributed by atoms with Gasteiger partial charge in [0, 0.05) is 5.02 Å². The first-order valence-electron chi connectivity index (χ1n) is 4.03. The van der Waals surface area contributed by atoms with Crippen molar-refractivity contribution in [2.24, 2.45) is 0 Å². The van der Waals surface area contributed by atoms with Gasteiger partial charge in [-0.15, -0.1) is 6.58 Å². The van der Waals surface area contributed by atoms with Crippen LogP contribution in [0.3, 0.4) is 0 Å². The van der Waals surface area contributed by atoms with Crippen LogP contribution in [-0.4, -0.2) is 6.61 Å². The molecule has 0 radical (unpaired) electrons. The van der Waals surface area contributed by atoms with Gasteiger partial charge in [-0.1, -0.05) is 40.9 Å². The molecule has 1 rings (SSSR count). The molecule has 0 N–H and O–H groups in total. The molecule has 0 amide bonds. The van der Waals surface area contributed by atoms with E-state index in [1.54, 1.807) is 18.2 Å². The van der Waals surface area contributed by atoms with Crippen LogP contribution in [0.1, 0.15) is 6.42 Å². The maximum Gasteiger partial charge on any atom is 0.156 e. The van der Waals surface area contributed by atoms with Crippen molar-refractivity contribution in [3.8, 4) is 5.75 Å². The van der Waals surface area contributed by atoms with Gasteiger partial charge < -0.3 is 4.74 Å². The van der Waals surface area contributed by atoms with E-state index in [0.29, 0.717) is 27.4 Å². The van der Waals surface area contributed by atoms with Crippen LogP contribution in [0.25, 0.3) is 0 Å². The van der Waals surface area contributed by atoms with E-state index in [4.69, 9.17) is 39.5 Å². The summed E-state index contributed by atoms with van der Waals surface area (Å²) in [5.41, 5.74) is 0. The molecule has 0 heterocycles. The second-order valence-electron chi connectivity index (χ2n) is 2.62. The normalized spacial score (nSPS) is 9.93. The van der Waals surface area contributed by atoms with Crippen molar-refractivity contribution < 1.29 is 4.74 Å². The highest BCUT2D eigenvalue weighted by Gasteiger charge is 2.08. The number of hydrogen-bond acceptors (Lipinski definition) is 1. The molecule has 1 aromatic rings. The van der Waals surface area contributed by atoms with Gasteiger partial charge in [0.15, 0.2) is 5.75 Å². The zero-order valence-electron chi connectivity index (χ0n) is 7.40. The second-order valence-corrected chi connectivity index (χ2v) is 3.88. The molecule has 76 valence electrons. The molecular weight excluding hydrogens is 242 g/mol. The van der Waals surface area contributed by atoms with Crippen molar-refractivity contribution in [1.82, 2.24) is 0 Å². The summed E-state index contributed by atoms with van der Waals surface area (Å²) in [5, 5.41) is 1.34. The molecule has 0 unspecified atom stereocenters. The Balaban J connectivity index is 2.80. The number of halogens is 3. The van der Waals surface area contributed by atoms with Crippen LogP contribution >= 0.6 is 34.8 Å². The van der Waals surface area contributed by atoms with E-state index in [9.17, 15) is 0 Å². The molecule has 14 heavy (non-hydrogen) atoms. The molecular formula is C10H9Cl3O. The molecule has 0 fully saturated rings. The fraction of sp³-hybridized carbons (Fsp3) is 0.200. The van der Waals surface area contributed by atoms with Gasteiger partial charge in [0.25, 0.3) is 0 Å². The maximum absolute atomic E-state index is 5.89. The smallest absolute Gasteiger partial charge is 0.156 e. The van der Waals surface area contributed by atoms with E-state index in [1.165, 1.54) is 0 Å². The lowest BCUT2D eigenvalue weighted by Gasteiger charge is -2.08. The van der Waals surface area contributed by atoms with Crippen molar-refractivity contribution in [1.29, 1.82) is 0 Å². The molecule has 0 aromatic heterocycles. The van der Waals surface area contributed by atoms with Gasteiger partial charge in [-0.25, -0.2) is 0 Å². The Bertz CT molecular complexity index is 313. The zero-order valence-corrected chi connectivity index (χ0v) is 9.66. The van der Waals surface area contributed by atoms with Crippen molar-refractivity contribution in [2.75, 3.05) is 6.61 Å². The zero-order chi connectivity index (χ0) is 10.6. The summed E-state index contributed by atoms with van der Waals surface area (Å²) in [6.45, 7) is 4.09. The molecule has 0 aliphatic rings. The lowest BCUT2D eigenvalue weighted by molar-refractivity contribution is 0.325. The number of hydrogen-bond donors (Lipinski definition) is 0. The third-order valence-electron chi connectivity index (χ3n) is 1.53. The highest BCUT2D eigenvalue weighted by atomic mass is 35.5. The lowest BCUT2D eigenvalue weighted by Crippen LogP contribution is -1.96. The second kappa shape index (κ2) is 5.50. The minimum absolute atomic E-state index is 0.423. The average molecular weight is 252 g/mol. The molecule has 0 saturated carbocycles.